The normalized spacial score (nSPS) is 26.3. The molecule has 0 radical (unpaired) electrons. The van der Waals surface area contributed by atoms with Gasteiger partial charge in [-0.05, 0) is 81.8 Å². The van der Waals surface area contributed by atoms with E-state index in [1.54, 1.807) is 7.11 Å². The zero-order chi connectivity index (χ0) is 25.6. The second-order valence-electron chi connectivity index (χ2n) is 10.9. The Kier molecular flexibility index (Phi) is 8.74. The number of nitrogens with zero attached hydrogens (tertiary/aromatic N) is 2. The molecule has 2 aliphatic rings. The highest BCUT2D eigenvalue weighted by molar-refractivity contribution is 5.76. The summed E-state index contributed by atoms with van der Waals surface area (Å²) in [6.07, 6.45) is 8.76. The van der Waals surface area contributed by atoms with Gasteiger partial charge in [0.15, 0.2) is 0 Å². The molecule has 0 bridgehead atoms. The number of carbonyl (C=O) groups is 1. The molecule has 1 aliphatic carbocycles. The van der Waals surface area contributed by atoms with Crippen LogP contribution in [0.4, 0.5) is 0 Å². The Hall–Kier alpha value is -2.37. The topological polar surface area (TPSA) is 42.0 Å². The Bertz CT molecular complexity index is 996. The molecule has 5 heteroatoms. The van der Waals surface area contributed by atoms with Gasteiger partial charge in [-0.25, -0.2) is 0 Å². The number of likely N-dealkylation sites (N-methyl/N-ethyl adjacent to an activating group) is 1. The van der Waals surface area contributed by atoms with Gasteiger partial charge in [-0.15, -0.1) is 0 Å². The standard InChI is InChI=1S/C31H44N2O3/c1-32-21-20-30(26-15-11-16-28(22-26)35-3)23-27(18-19-31(30,24-32)36-4)33(2)29(34)17-10-6-9-14-25-12-7-5-8-13-25/h5,7-8,11-13,15-16,22,27H,6,9-10,14,17-21,23-24H2,1-4H3/t27-,30-,31-/m0/s1. The second-order valence-corrected chi connectivity index (χ2v) is 10.9. The van der Waals surface area contributed by atoms with Crippen molar-refractivity contribution in [2.45, 2.75) is 74.8 Å². The second kappa shape index (κ2) is 11.8. The Labute approximate surface area is 217 Å². The Morgan fingerprint density at radius 2 is 1.86 bits per heavy atom. The lowest BCUT2D eigenvalue weighted by molar-refractivity contribution is -0.157. The number of methoxy groups -OCH3 is 2. The third-order valence-corrected chi connectivity index (χ3v) is 8.94. The van der Waals surface area contributed by atoms with Crippen molar-refractivity contribution in [2.24, 2.45) is 0 Å². The number of hydrogen-bond acceptors (Lipinski definition) is 4. The predicted molar refractivity (Wildman–Crippen MR) is 146 cm³/mol. The molecule has 5 nitrogen and oxygen atoms in total. The number of fused-ring (bicyclic) bond motifs is 1. The molecule has 3 atom stereocenters. The van der Waals surface area contributed by atoms with E-state index in [9.17, 15) is 4.79 Å². The van der Waals surface area contributed by atoms with E-state index >= 15 is 0 Å². The quantitative estimate of drug-likeness (QED) is 0.413. The van der Waals surface area contributed by atoms with Gasteiger partial charge in [0, 0.05) is 38.6 Å². The van der Waals surface area contributed by atoms with Crippen molar-refractivity contribution >= 4 is 5.91 Å². The molecule has 0 N–H and O–H groups in total. The molecule has 1 amide bonds. The molecule has 1 saturated carbocycles. The molecule has 0 aromatic heterocycles. The van der Waals surface area contributed by atoms with Crippen LogP contribution in [0.1, 0.15) is 62.5 Å². The zero-order valence-corrected chi connectivity index (χ0v) is 22.7. The van der Waals surface area contributed by atoms with Crippen molar-refractivity contribution in [1.29, 1.82) is 0 Å². The van der Waals surface area contributed by atoms with Crippen LogP contribution in [0.15, 0.2) is 54.6 Å². The molecule has 36 heavy (non-hydrogen) atoms. The van der Waals surface area contributed by atoms with Crippen LogP contribution in [0.3, 0.4) is 0 Å². The van der Waals surface area contributed by atoms with E-state index in [4.69, 9.17) is 9.47 Å². The first kappa shape index (κ1) is 26.7. The molecular weight excluding hydrogens is 448 g/mol. The number of piperidine rings is 1. The fraction of sp³-hybridized carbons (Fsp3) is 0.581. The van der Waals surface area contributed by atoms with Crippen molar-refractivity contribution in [1.82, 2.24) is 9.80 Å². The van der Waals surface area contributed by atoms with Crippen LogP contribution in [-0.4, -0.2) is 68.8 Å². The summed E-state index contributed by atoms with van der Waals surface area (Å²) < 4.78 is 12.0. The first-order valence-corrected chi connectivity index (χ1v) is 13.6. The van der Waals surface area contributed by atoms with Crippen molar-refractivity contribution in [3.05, 3.63) is 65.7 Å². The van der Waals surface area contributed by atoms with Crippen molar-refractivity contribution < 1.29 is 14.3 Å². The van der Waals surface area contributed by atoms with Crippen molar-refractivity contribution in [3.8, 4) is 5.75 Å². The number of carbonyl (C=O) groups excluding carboxylic acids is 1. The van der Waals surface area contributed by atoms with Crippen LogP contribution in [-0.2, 0) is 21.4 Å². The third-order valence-electron chi connectivity index (χ3n) is 8.94. The molecule has 2 aromatic carbocycles. The number of amides is 1. The molecule has 2 fully saturated rings. The number of likely N-dealkylation sites (tertiary alicyclic amines) is 1. The van der Waals surface area contributed by atoms with Gasteiger partial charge >= 0.3 is 0 Å². The Balaban J connectivity index is 1.43. The van der Waals surface area contributed by atoms with E-state index in [1.807, 2.05) is 20.2 Å². The molecule has 4 rings (SSSR count). The molecule has 0 spiro atoms. The summed E-state index contributed by atoms with van der Waals surface area (Å²) in [6.45, 7) is 1.93. The Morgan fingerprint density at radius 3 is 2.61 bits per heavy atom. The molecule has 1 saturated heterocycles. The summed E-state index contributed by atoms with van der Waals surface area (Å²) >= 11 is 0. The van der Waals surface area contributed by atoms with Gasteiger partial charge in [0.25, 0.3) is 0 Å². The van der Waals surface area contributed by atoms with Gasteiger partial charge in [-0.3, -0.25) is 4.79 Å². The molecular formula is C31H44N2O3. The molecule has 1 heterocycles. The van der Waals surface area contributed by atoms with Crippen molar-refractivity contribution in [2.75, 3.05) is 41.4 Å². The van der Waals surface area contributed by atoms with Crippen LogP contribution < -0.4 is 4.74 Å². The summed E-state index contributed by atoms with van der Waals surface area (Å²) in [5, 5.41) is 0. The lowest BCUT2D eigenvalue weighted by Gasteiger charge is -2.60. The van der Waals surface area contributed by atoms with E-state index in [1.165, 1.54) is 11.1 Å². The van der Waals surface area contributed by atoms with Crippen LogP contribution in [0.5, 0.6) is 5.75 Å². The van der Waals surface area contributed by atoms with Crippen LogP contribution >= 0.6 is 0 Å². The van der Waals surface area contributed by atoms with E-state index in [0.717, 1.165) is 70.2 Å². The number of rotatable bonds is 10. The first-order valence-electron chi connectivity index (χ1n) is 13.6. The highest BCUT2D eigenvalue weighted by atomic mass is 16.5. The number of benzene rings is 2. The monoisotopic (exact) mass is 492 g/mol. The number of ether oxygens (including phenoxy) is 2. The van der Waals surface area contributed by atoms with Gasteiger partial charge in [0.05, 0.1) is 12.7 Å². The average Bonchev–Trinajstić information content (AvgIpc) is 2.92. The minimum absolute atomic E-state index is 0.143. The summed E-state index contributed by atoms with van der Waals surface area (Å²) in [7, 11) is 7.81. The predicted octanol–water partition coefficient (Wildman–Crippen LogP) is 5.47. The lowest BCUT2D eigenvalue weighted by atomic mass is 9.55. The first-order chi connectivity index (χ1) is 17.4. The summed E-state index contributed by atoms with van der Waals surface area (Å²) in [5.41, 5.74) is 2.26. The molecule has 2 aromatic rings. The zero-order valence-electron chi connectivity index (χ0n) is 22.7. The summed E-state index contributed by atoms with van der Waals surface area (Å²) in [6, 6.07) is 19.4. The smallest absolute Gasteiger partial charge is 0.222 e. The summed E-state index contributed by atoms with van der Waals surface area (Å²) in [5.74, 6) is 1.16. The minimum atomic E-state index is -0.260. The summed E-state index contributed by atoms with van der Waals surface area (Å²) in [4.78, 5) is 17.7. The SMILES string of the molecule is COc1cccc([C@@]23CCN(C)C[C@@]2(OC)CC[C@H](N(C)C(=O)CCCCCc2ccccc2)C3)c1. The van der Waals surface area contributed by atoms with E-state index in [2.05, 4.69) is 65.4 Å². The molecule has 1 aliphatic heterocycles. The van der Waals surface area contributed by atoms with Gasteiger partial charge in [0.1, 0.15) is 5.75 Å². The van der Waals surface area contributed by atoms with E-state index in [0.29, 0.717) is 6.42 Å². The van der Waals surface area contributed by atoms with Gasteiger partial charge in [-0.2, -0.15) is 0 Å². The van der Waals surface area contributed by atoms with Gasteiger partial charge < -0.3 is 19.3 Å². The fourth-order valence-electron chi connectivity index (χ4n) is 6.73. The third kappa shape index (κ3) is 5.47. The van der Waals surface area contributed by atoms with Crippen LogP contribution in [0.25, 0.3) is 0 Å². The Morgan fingerprint density at radius 1 is 1.06 bits per heavy atom. The average molecular weight is 493 g/mol. The maximum Gasteiger partial charge on any atom is 0.222 e. The fourth-order valence-corrected chi connectivity index (χ4v) is 6.73. The maximum absolute atomic E-state index is 13.2. The lowest BCUT2D eigenvalue weighted by Crippen LogP contribution is -2.67. The minimum Gasteiger partial charge on any atom is -0.497 e. The number of aryl methyl sites for hydroxylation is 1. The van der Waals surface area contributed by atoms with Crippen LogP contribution in [0.2, 0.25) is 0 Å². The van der Waals surface area contributed by atoms with Gasteiger partial charge in [0.2, 0.25) is 5.91 Å². The van der Waals surface area contributed by atoms with Crippen LogP contribution in [0, 0.1) is 0 Å². The largest absolute Gasteiger partial charge is 0.497 e. The highest BCUT2D eigenvalue weighted by Gasteiger charge is 2.59. The highest BCUT2D eigenvalue weighted by Crippen LogP contribution is 2.54. The maximum atomic E-state index is 13.2. The van der Waals surface area contributed by atoms with Gasteiger partial charge in [-0.1, -0.05) is 48.9 Å². The van der Waals surface area contributed by atoms with E-state index < -0.39 is 0 Å². The number of hydrogen-bond donors (Lipinski definition) is 0. The molecule has 0 unspecified atom stereocenters. The van der Waals surface area contributed by atoms with Crippen molar-refractivity contribution in [3.63, 3.8) is 0 Å². The van der Waals surface area contributed by atoms with E-state index in [-0.39, 0.29) is 23.0 Å². The molecule has 196 valence electrons. The number of unbranched alkanes of at least 4 members (excludes halogenated alkanes) is 2.